The van der Waals surface area contributed by atoms with Crippen LogP contribution in [0.15, 0.2) is 53.5 Å². The van der Waals surface area contributed by atoms with Crippen LogP contribution in [-0.4, -0.2) is 39.2 Å². The summed E-state index contributed by atoms with van der Waals surface area (Å²) < 4.78 is 5.35. The van der Waals surface area contributed by atoms with Gasteiger partial charge in [-0.25, -0.2) is 0 Å². The van der Waals surface area contributed by atoms with Crippen molar-refractivity contribution in [2.75, 3.05) is 32.1 Å². The Morgan fingerprint density at radius 3 is 2.93 bits per heavy atom. The van der Waals surface area contributed by atoms with Crippen molar-refractivity contribution in [3.8, 4) is 11.8 Å². The Bertz CT molecular complexity index is 858. The SMILES string of the molecule is CN=C(NCc1cccc(C#N)c1)NC1CCCN(c2cccc(OC)c2)C1. The topological polar surface area (TPSA) is 72.7 Å². The molecule has 2 N–H and O–H groups in total. The quantitative estimate of drug-likeness (QED) is 0.619. The molecule has 1 saturated heterocycles. The van der Waals surface area contributed by atoms with E-state index in [-0.39, 0.29) is 0 Å². The standard InChI is InChI=1S/C22H27N5O/c1-24-22(25-15-18-7-3-6-17(12-18)14-23)26-19-8-5-11-27(16-19)20-9-4-10-21(13-20)28-2/h3-4,6-7,9-10,12-13,19H,5,8,11,15-16H2,1-2H3,(H2,24,25,26). The summed E-state index contributed by atoms with van der Waals surface area (Å²) in [5, 5.41) is 15.9. The van der Waals surface area contributed by atoms with Crippen molar-refractivity contribution in [1.29, 1.82) is 5.26 Å². The van der Waals surface area contributed by atoms with Crippen LogP contribution in [0.25, 0.3) is 0 Å². The number of rotatable bonds is 5. The van der Waals surface area contributed by atoms with Crippen molar-refractivity contribution in [3.63, 3.8) is 0 Å². The molecule has 0 aliphatic carbocycles. The van der Waals surface area contributed by atoms with E-state index in [0.29, 0.717) is 18.2 Å². The molecule has 2 aromatic rings. The van der Waals surface area contributed by atoms with E-state index in [1.54, 1.807) is 14.2 Å². The molecule has 146 valence electrons. The summed E-state index contributed by atoms with van der Waals surface area (Å²) in [5.41, 5.74) is 2.91. The Morgan fingerprint density at radius 1 is 1.29 bits per heavy atom. The van der Waals surface area contributed by atoms with Gasteiger partial charge in [0.1, 0.15) is 5.75 Å². The Balaban J connectivity index is 1.57. The summed E-state index contributed by atoms with van der Waals surface area (Å²) in [4.78, 5) is 6.74. The molecule has 1 aliphatic rings. The van der Waals surface area contributed by atoms with Crippen molar-refractivity contribution in [2.24, 2.45) is 4.99 Å². The molecule has 28 heavy (non-hydrogen) atoms. The first kappa shape index (κ1) is 19.6. The average molecular weight is 377 g/mol. The van der Waals surface area contributed by atoms with Gasteiger partial charge in [-0.1, -0.05) is 18.2 Å². The number of ether oxygens (including phenoxy) is 1. The highest BCUT2D eigenvalue weighted by Crippen LogP contribution is 2.24. The third kappa shape index (κ3) is 5.17. The molecule has 1 heterocycles. The lowest BCUT2D eigenvalue weighted by molar-refractivity contribution is 0.414. The van der Waals surface area contributed by atoms with Crippen molar-refractivity contribution in [2.45, 2.75) is 25.4 Å². The van der Waals surface area contributed by atoms with Crippen LogP contribution in [0.1, 0.15) is 24.0 Å². The van der Waals surface area contributed by atoms with E-state index in [1.165, 1.54) is 5.69 Å². The minimum absolute atomic E-state index is 0.316. The van der Waals surface area contributed by atoms with Gasteiger partial charge in [-0.05, 0) is 42.7 Å². The molecule has 0 spiro atoms. The first-order valence-corrected chi connectivity index (χ1v) is 9.57. The fraction of sp³-hybridized carbons (Fsp3) is 0.364. The van der Waals surface area contributed by atoms with E-state index in [9.17, 15) is 0 Å². The molecule has 0 amide bonds. The number of aliphatic imine (C=N–C) groups is 1. The average Bonchev–Trinajstić information content (AvgIpc) is 2.77. The van der Waals surface area contributed by atoms with Gasteiger partial charge in [0.25, 0.3) is 0 Å². The van der Waals surface area contributed by atoms with E-state index in [1.807, 2.05) is 36.4 Å². The molecule has 6 heteroatoms. The van der Waals surface area contributed by atoms with Crippen LogP contribution in [0.3, 0.4) is 0 Å². The Morgan fingerprint density at radius 2 is 2.14 bits per heavy atom. The fourth-order valence-electron chi connectivity index (χ4n) is 3.46. The van der Waals surface area contributed by atoms with Crippen molar-refractivity contribution in [3.05, 3.63) is 59.7 Å². The van der Waals surface area contributed by atoms with Crippen LogP contribution >= 0.6 is 0 Å². The summed E-state index contributed by atoms with van der Waals surface area (Å²) in [7, 11) is 3.48. The largest absolute Gasteiger partial charge is 0.497 e. The van der Waals surface area contributed by atoms with Gasteiger partial charge in [0.05, 0.1) is 18.7 Å². The molecular formula is C22H27N5O. The third-order valence-corrected chi connectivity index (χ3v) is 4.92. The van der Waals surface area contributed by atoms with Gasteiger partial charge < -0.3 is 20.3 Å². The number of nitrogens with one attached hydrogen (secondary N) is 2. The zero-order chi connectivity index (χ0) is 19.8. The number of guanidine groups is 1. The van der Waals surface area contributed by atoms with Gasteiger partial charge in [0.2, 0.25) is 0 Å². The number of nitrogens with zero attached hydrogens (tertiary/aromatic N) is 3. The fourth-order valence-corrected chi connectivity index (χ4v) is 3.46. The lowest BCUT2D eigenvalue weighted by Crippen LogP contribution is -2.51. The Labute approximate surface area is 166 Å². The van der Waals surface area contributed by atoms with Crippen LogP contribution in [0.2, 0.25) is 0 Å². The van der Waals surface area contributed by atoms with Gasteiger partial charge in [-0.3, -0.25) is 4.99 Å². The predicted molar refractivity (Wildman–Crippen MR) is 113 cm³/mol. The molecule has 1 atom stereocenters. The first-order chi connectivity index (χ1) is 13.7. The van der Waals surface area contributed by atoms with Crippen molar-refractivity contribution in [1.82, 2.24) is 10.6 Å². The van der Waals surface area contributed by atoms with Crippen molar-refractivity contribution >= 4 is 11.6 Å². The number of anilines is 1. The van der Waals surface area contributed by atoms with Gasteiger partial charge in [0, 0.05) is 44.5 Å². The van der Waals surface area contributed by atoms with Crippen LogP contribution in [0, 0.1) is 11.3 Å². The first-order valence-electron chi connectivity index (χ1n) is 9.57. The normalized spacial score (nSPS) is 17.0. The van der Waals surface area contributed by atoms with Gasteiger partial charge in [0.15, 0.2) is 5.96 Å². The van der Waals surface area contributed by atoms with Crippen LogP contribution < -0.4 is 20.3 Å². The summed E-state index contributed by atoms with van der Waals surface area (Å²) >= 11 is 0. The number of hydrogen-bond donors (Lipinski definition) is 2. The summed E-state index contributed by atoms with van der Waals surface area (Å²) in [6, 6.07) is 18.3. The molecule has 1 fully saturated rings. The van der Waals surface area contributed by atoms with E-state index in [4.69, 9.17) is 10.00 Å². The Hall–Kier alpha value is -3.20. The second-order valence-corrected chi connectivity index (χ2v) is 6.87. The second-order valence-electron chi connectivity index (χ2n) is 6.87. The van der Waals surface area contributed by atoms with Gasteiger partial charge >= 0.3 is 0 Å². The zero-order valence-electron chi connectivity index (χ0n) is 16.5. The monoisotopic (exact) mass is 377 g/mol. The molecule has 1 unspecified atom stereocenters. The third-order valence-electron chi connectivity index (χ3n) is 4.92. The lowest BCUT2D eigenvalue weighted by Gasteiger charge is -2.35. The molecule has 0 bridgehead atoms. The number of piperidine rings is 1. The van der Waals surface area contributed by atoms with Crippen LogP contribution in [0.5, 0.6) is 5.75 Å². The summed E-state index contributed by atoms with van der Waals surface area (Å²) in [5.74, 6) is 1.66. The maximum Gasteiger partial charge on any atom is 0.191 e. The minimum atomic E-state index is 0.316. The van der Waals surface area contributed by atoms with E-state index in [2.05, 4.69) is 38.7 Å². The van der Waals surface area contributed by atoms with E-state index in [0.717, 1.165) is 43.2 Å². The summed E-state index contributed by atoms with van der Waals surface area (Å²) in [6.07, 6.45) is 2.22. The maximum absolute atomic E-state index is 9.03. The molecule has 0 aromatic heterocycles. The zero-order valence-corrected chi connectivity index (χ0v) is 16.5. The van der Waals surface area contributed by atoms with Crippen LogP contribution in [-0.2, 0) is 6.54 Å². The molecular weight excluding hydrogens is 350 g/mol. The van der Waals surface area contributed by atoms with Crippen LogP contribution in [0.4, 0.5) is 5.69 Å². The number of hydrogen-bond acceptors (Lipinski definition) is 4. The lowest BCUT2D eigenvalue weighted by atomic mass is 10.0. The molecule has 6 nitrogen and oxygen atoms in total. The Kier molecular flexibility index (Phi) is 6.74. The molecule has 0 radical (unpaired) electrons. The van der Waals surface area contributed by atoms with Gasteiger partial charge in [-0.15, -0.1) is 0 Å². The predicted octanol–water partition coefficient (Wildman–Crippen LogP) is 2.90. The van der Waals surface area contributed by atoms with Crippen molar-refractivity contribution < 1.29 is 4.74 Å². The highest BCUT2D eigenvalue weighted by molar-refractivity contribution is 5.80. The number of methoxy groups -OCH3 is 1. The van der Waals surface area contributed by atoms with E-state index < -0.39 is 0 Å². The number of nitriles is 1. The molecule has 0 saturated carbocycles. The molecule has 1 aliphatic heterocycles. The minimum Gasteiger partial charge on any atom is -0.497 e. The van der Waals surface area contributed by atoms with E-state index >= 15 is 0 Å². The molecule has 2 aromatic carbocycles. The summed E-state index contributed by atoms with van der Waals surface area (Å²) in [6.45, 7) is 2.58. The molecule has 3 rings (SSSR count). The second kappa shape index (κ2) is 9.65. The highest BCUT2D eigenvalue weighted by atomic mass is 16.5. The smallest absolute Gasteiger partial charge is 0.191 e. The highest BCUT2D eigenvalue weighted by Gasteiger charge is 2.21. The number of benzene rings is 2. The maximum atomic E-state index is 9.03. The van der Waals surface area contributed by atoms with Gasteiger partial charge in [-0.2, -0.15) is 5.26 Å².